The molecule has 0 aliphatic heterocycles. The van der Waals surface area contributed by atoms with Gasteiger partial charge in [-0.3, -0.25) is 0 Å². The minimum absolute atomic E-state index is 0.0688. The van der Waals surface area contributed by atoms with Gasteiger partial charge in [-0.25, -0.2) is 9.48 Å². The zero-order valence-corrected chi connectivity index (χ0v) is 12.3. The van der Waals surface area contributed by atoms with Crippen molar-refractivity contribution in [3.63, 3.8) is 0 Å². The average Bonchev–Trinajstić information content (AvgIpc) is 3.10. The molecule has 0 spiro atoms. The van der Waals surface area contributed by atoms with Crippen molar-refractivity contribution in [3.05, 3.63) is 64.5 Å². The van der Waals surface area contributed by atoms with E-state index < -0.39 is 5.76 Å². The van der Waals surface area contributed by atoms with E-state index in [1.807, 2.05) is 30.3 Å². The Hall–Kier alpha value is -3.36. The van der Waals surface area contributed by atoms with Crippen molar-refractivity contribution >= 4 is 11.5 Å². The third kappa shape index (κ3) is 3.28. The van der Waals surface area contributed by atoms with Crippen LogP contribution >= 0.6 is 0 Å². The summed E-state index contributed by atoms with van der Waals surface area (Å²) in [7, 11) is 1.57. The zero-order valence-electron chi connectivity index (χ0n) is 12.3. The summed E-state index contributed by atoms with van der Waals surface area (Å²) in [6.07, 6.45) is 1.67. The highest BCUT2D eigenvalue weighted by Gasteiger charge is 2.16. The van der Waals surface area contributed by atoms with Crippen LogP contribution in [0.3, 0.4) is 0 Å². The molecule has 0 aliphatic carbocycles. The van der Waals surface area contributed by atoms with E-state index in [1.165, 1.54) is 9.42 Å². The number of benzene rings is 1. The molecule has 118 valence electrons. The van der Waals surface area contributed by atoms with Gasteiger partial charge in [-0.2, -0.15) is 14.8 Å². The normalized spacial score (nSPS) is 11.6. The maximum Gasteiger partial charge on any atom is 0.460 e. The predicted molar refractivity (Wildman–Crippen MR) is 81.5 cm³/mol. The molecule has 0 bridgehead atoms. The summed E-state index contributed by atoms with van der Waals surface area (Å²) in [4.78, 5) is 20.4. The Morgan fingerprint density at radius 1 is 1.35 bits per heavy atom. The molecule has 0 saturated carbocycles. The van der Waals surface area contributed by atoms with E-state index in [2.05, 4.69) is 15.2 Å². The van der Waals surface area contributed by atoms with Crippen molar-refractivity contribution in [2.45, 2.75) is 6.73 Å². The fraction of sp³-hybridized carbons (Fsp3) is 0.143. The molecule has 0 amide bonds. The van der Waals surface area contributed by atoms with E-state index >= 15 is 0 Å². The molecule has 23 heavy (non-hydrogen) atoms. The number of nitrogens with zero attached hydrogens (tertiary/aromatic N) is 5. The summed E-state index contributed by atoms with van der Waals surface area (Å²) in [5, 5.41) is 8.06. The molecular formula is C14H14N6O3. The zero-order chi connectivity index (χ0) is 16.2. The number of aryl methyl sites for hydroxylation is 1. The van der Waals surface area contributed by atoms with Crippen LogP contribution in [-0.2, 0) is 18.6 Å². The third-order valence-electron chi connectivity index (χ3n) is 2.98. The molecule has 9 heteroatoms. The summed E-state index contributed by atoms with van der Waals surface area (Å²) in [5.41, 5.74) is 6.64. The van der Waals surface area contributed by atoms with Crippen LogP contribution in [-0.4, -0.2) is 25.2 Å². The van der Waals surface area contributed by atoms with Gasteiger partial charge in [0.25, 0.3) is 0 Å². The highest BCUT2D eigenvalue weighted by molar-refractivity contribution is 6.10. The van der Waals surface area contributed by atoms with Gasteiger partial charge in [-0.05, 0) is 0 Å². The quantitative estimate of drug-likeness (QED) is 0.544. The van der Waals surface area contributed by atoms with E-state index in [0.29, 0.717) is 11.5 Å². The summed E-state index contributed by atoms with van der Waals surface area (Å²) >= 11 is 0. The Morgan fingerprint density at radius 3 is 2.74 bits per heavy atom. The fourth-order valence-electron chi connectivity index (χ4n) is 1.96. The molecule has 9 nitrogen and oxygen atoms in total. The summed E-state index contributed by atoms with van der Waals surface area (Å²) in [5.74, 6) is -0.0491. The van der Waals surface area contributed by atoms with Crippen LogP contribution in [0.1, 0.15) is 11.4 Å². The lowest BCUT2D eigenvalue weighted by Crippen LogP contribution is -2.12. The molecule has 2 N–H and O–H groups in total. The smallest absolute Gasteiger partial charge is 0.382 e. The van der Waals surface area contributed by atoms with E-state index in [1.54, 1.807) is 19.3 Å². The largest absolute Gasteiger partial charge is 0.460 e. The Kier molecular flexibility index (Phi) is 3.91. The van der Waals surface area contributed by atoms with Crippen LogP contribution < -0.4 is 11.5 Å². The lowest BCUT2D eigenvalue weighted by molar-refractivity contribution is 0.0755. The van der Waals surface area contributed by atoms with E-state index in [9.17, 15) is 4.79 Å². The van der Waals surface area contributed by atoms with Crippen LogP contribution in [0.25, 0.3) is 0 Å². The number of hydrogen-bond donors (Lipinski definition) is 1. The van der Waals surface area contributed by atoms with Crippen molar-refractivity contribution in [2.24, 2.45) is 12.2 Å². The number of rotatable bonds is 5. The topological polar surface area (TPSA) is 113 Å². The minimum Gasteiger partial charge on any atom is -0.382 e. The van der Waals surface area contributed by atoms with Gasteiger partial charge in [-0.15, -0.1) is 0 Å². The van der Waals surface area contributed by atoms with Crippen molar-refractivity contribution in [3.8, 4) is 0 Å². The highest BCUT2D eigenvalue weighted by atomic mass is 16.6. The lowest BCUT2D eigenvalue weighted by Gasteiger charge is -2.06. The first-order valence-electron chi connectivity index (χ1n) is 6.72. The molecule has 2 heterocycles. The van der Waals surface area contributed by atoms with Crippen LogP contribution in [0.4, 0.5) is 5.82 Å². The van der Waals surface area contributed by atoms with Gasteiger partial charge in [0, 0.05) is 24.9 Å². The van der Waals surface area contributed by atoms with E-state index in [4.69, 9.17) is 15.1 Å². The first kappa shape index (κ1) is 14.6. The molecule has 0 fully saturated rings. The van der Waals surface area contributed by atoms with Crippen LogP contribution in [0, 0.1) is 0 Å². The highest BCUT2D eigenvalue weighted by Crippen LogP contribution is 2.08. The van der Waals surface area contributed by atoms with Crippen molar-refractivity contribution in [2.75, 3.05) is 5.73 Å². The van der Waals surface area contributed by atoms with Gasteiger partial charge in [0.05, 0.1) is 0 Å². The number of nitrogen functional groups attached to an aromatic ring is 1. The monoisotopic (exact) mass is 314 g/mol. The molecule has 2 aromatic heterocycles. The van der Waals surface area contributed by atoms with E-state index in [-0.39, 0.29) is 12.6 Å². The molecule has 0 aliphatic rings. The molecule has 3 rings (SSSR count). The molecule has 3 aromatic rings. The second-order valence-electron chi connectivity index (χ2n) is 4.63. The van der Waals surface area contributed by atoms with Gasteiger partial charge < -0.3 is 15.1 Å². The molecule has 1 aromatic carbocycles. The number of anilines is 1. The number of aromatic nitrogens is 4. The summed E-state index contributed by atoms with van der Waals surface area (Å²) in [6.45, 7) is 0.0688. The van der Waals surface area contributed by atoms with Gasteiger partial charge in [0.1, 0.15) is 5.82 Å². The summed E-state index contributed by atoms with van der Waals surface area (Å²) < 4.78 is 7.59. The average molecular weight is 314 g/mol. The number of oxime groups is 1. The molecule has 0 radical (unpaired) electrons. The predicted octanol–water partition coefficient (Wildman–Crippen LogP) is 0.579. The van der Waals surface area contributed by atoms with Gasteiger partial charge in [0.2, 0.25) is 6.73 Å². The van der Waals surface area contributed by atoms with Gasteiger partial charge in [0.15, 0.2) is 11.5 Å². The Balaban J connectivity index is 1.90. The van der Waals surface area contributed by atoms with Crippen molar-refractivity contribution in [1.29, 1.82) is 0 Å². The van der Waals surface area contributed by atoms with Crippen LogP contribution in [0.15, 0.2) is 57.1 Å². The molecule has 0 unspecified atom stereocenters. The Labute approximate surface area is 130 Å². The second-order valence-corrected chi connectivity index (χ2v) is 4.63. The molecule has 0 saturated heterocycles. The third-order valence-corrected chi connectivity index (χ3v) is 2.98. The Bertz CT molecular complexity index is 877. The summed E-state index contributed by atoms with van der Waals surface area (Å²) in [6, 6.07) is 10.9. The first-order chi connectivity index (χ1) is 11.1. The maximum absolute atomic E-state index is 11.3. The lowest BCUT2D eigenvalue weighted by atomic mass is 10.1. The first-order valence-corrected chi connectivity index (χ1v) is 6.72. The van der Waals surface area contributed by atoms with Gasteiger partial charge in [-0.1, -0.05) is 35.5 Å². The van der Waals surface area contributed by atoms with Gasteiger partial charge >= 0.3 is 5.76 Å². The van der Waals surface area contributed by atoms with E-state index in [0.717, 1.165) is 5.56 Å². The SMILES string of the molecule is Cn1oc(=O)nc1C(=NOCn1ccc(N)n1)c1ccccc1. The number of nitrogens with two attached hydrogens (primary N) is 1. The Morgan fingerprint density at radius 2 is 2.13 bits per heavy atom. The minimum atomic E-state index is -0.703. The van der Waals surface area contributed by atoms with Crippen molar-refractivity contribution in [1.82, 2.24) is 19.5 Å². The van der Waals surface area contributed by atoms with Crippen LogP contribution in [0.5, 0.6) is 0 Å². The maximum atomic E-state index is 11.3. The number of hydrogen-bond acceptors (Lipinski definition) is 7. The van der Waals surface area contributed by atoms with Crippen molar-refractivity contribution < 1.29 is 9.36 Å². The molecular weight excluding hydrogens is 300 g/mol. The second kappa shape index (κ2) is 6.18. The standard InChI is InChI=1S/C14H14N6O3/c1-19-13(16-14(21)23-19)12(10-5-3-2-4-6-10)18-22-9-20-8-7-11(15)17-20/h2-8H,9H2,1H3,(H2,15,17). The van der Waals surface area contributed by atoms with Crippen LogP contribution in [0.2, 0.25) is 0 Å². The molecule has 0 atom stereocenters. The fourth-order valence-corrected chi connectivity index (χ4v) is 1.96.